The number of hydrogen-bond donors (Lipinski definition) is 2. The number of benzene rings is 1. The van der Waals surface area contributed by atoms with Gasteiger partial charge in [0, 0.05) is 0 Å². The Labute approximate surface area is 109 Å². The molecule has 0 radical (unpaired) electrons. The van der Waals surface area contributed by atoms with Gasteiger partial charge in [0.15, 0.2) is 0 Å². The third-order valence-electron chi connectivity index (χ3n) is 4.34. The molecule has 1 aliphatic carbocycles. The van der Waals surface area contributed by atoms with Gasteiger partial charge in [0.1, 0.15) is 5.75 Å². The van der Waals surface area contributed by atoms with Crippen molar-refractivity contribution in [3.8, 4) is 5.75 Å². The fraction of sp³-hybridized carbons (Fsp3) is 0.600. The molecule has 1 aromatic rings. The minimum Gasteiger partial charge on any atom is -0.497 e. The predicted octanol–water partition coefficient (Wildman–Crippen LogP) is 2.56. The zero-order valence-corrected chi connectivity index (χ0v) is 11.3. The first-order chi connectivity index (χ1) is 8.49. The van der Waals surface area contributed by atoms with E-state index in [1.54, 1.807) is 7.11 Å². The van der Waals surface area contributed by atoms with E-state index >= 15 is 0 Å². The second kappa shape index (κ2) is 4.90. The summed E-state index contributed by atoms with van der Waals surface area (Å²) in [5, 5.41) is 10.8. The Balaban J connectivity index is 2.27. The summed E-state index contributed by atoms with van der Waals surface area (Å²) in [7, 11) is 1.64. The second-order valence-corrected chi connectivity index (χ2v) is 5.52. The maximum atomic E-state index is 10.8. The Kier molecular flexibility index (Phi) is 3.64. The fourth-order valence-electron chi connectivity index (χ4n) is 2.86. The molecule has 1 aromatic carbocycles. The maximum absolute atomic E-state index is 10.8. The third kappa shape index (κ3) is 2.25. The van der Waals surface area contributed by atoms with Gasteiger partial charge in [-0.25, -0.2) is 0 Å². The molecule has 3 N–H and O–H groups in total. The van der Waals surface area contributed by atoms with E-state index < -0.39 is 11.1 Å². The summed E-state index contributed by atoms with van der Waals surface area (Å²) in [6, 6.07) is 7.69. The normalized spacial score (nSPS) is 22.2. The summed E-state index contributed by atoms with van der Waals surface area (Å²) >= 11 is 0. The van der Waals surface area contributed by atoms with E-state index in [1.165, 1.54) is 6.42 Å². The van der Waals surface area contributed by atoms with Gasteiger partial charge in [-0.2, -0.15) is 0 Å². The lowest BCUT2D eigenvalue weighted by atomic mass is 9.69. The van der Waals surface area contributed by atoms with Crippen LogP contribution in [0.2, 0.25) is 0 Å². The monoisotopic (exact) mass is 249 g/mol. The molecule has 100 valence electrons. The van der Waals surface area contributed by atoms with Gasteiger partial charge in [0.2, 0.25) is 0 Å². The molecule has 18 heavy (non-hydrogen) atoms. The van der Waals surface area contributed by atoms with Crippen LogP contribution in [-0.4, -0.2) is 17.8 Å². The van der Waals surface area contributed by atoms with Crippen LogP contribution in [0.1, 0.15) is 44.6 Å². The second-order valence-electron chi connectivity index (χ2n) is 5.52. The van der Waals surface area contributed by atoms with Gasteiger partial charge in [0.05, 0.1) is 18.2 Å². The van der Waals surface area contributed by atoms with Crippen molar-refractivity contribution in [3.63, 3.8) is 0 Å². The molecule has 1 saturated carbocycles. The minimum absolute atomic E-state index is 0.709. The van der Waals surface area contributed by atoms with Crippen LogP contribution in [0.15, 0.2) is 24.3 Å². The van der Waals surface area contributed by atoms with Crippen LogP contribution in [-0.2, 0) is 5.54 Å². The molecule has 0 heterocycles. The third-order valence-corrected chi connectivity index (χ3v) is 4.34. The molecular weight excluding hydrogens is 226 g/mol. The summed E-state index contributed by atoms with van der Waals surface area (Å²) in [5.41, 5.74) is 5.91. The average Bonchev–Trinajstić information content (AvgIpc) is 2.39. The van der Waals surface area contributed by atoms with Crippen LogP contribution >= 0.6 is 0 Å². The predicted molar refractivity (Wildman–Crippen MR) is 72.6 cm³/mol. The van der Waals surface area contributed by atoms with E-state index in [0.29, 0.717) is 0 Å². The van der Waals surface area contributed by atoms with Crippen LogP contribution in [0.4, 0.5) is 0 Å². The molecule has 0 bridgehead atoms. The number of nitrogens with two attached hydrogens (primary N) is 1. The summed E-state index contributed by atoms with van der Waals surface area (Å²) < 4.78 is 5.15. The lowest BCUT2D eigenvalue weighted by molar-refractivity contribution is -0.0607. The SMILES string of the molecule is COc1ccc(C(C)(N)C2(O)CCCCC2)cc1. The maximum Gasteiger partial charge on any atom is 0.118 e. The molecule has 0 saturated heterocycles. The highest BCUT2D eigenvalue weighted by atomic mass is 16.5. The molecule has 1 unspecified atom stereocenters. The van der Waals surface area contributed by atoms with E-state index in [4.69, 9.17) is 10.5 Å². The zero-order valence-electron chi connectivity index (χ0n) is 11.3. The van der Waals surface area contributed by atoms with Gasteiger partial charge in [-0.1, -0.05) is 31.4 Å². The van der Waals surface area contributed by atoms with Crippen LogP contribution < -0.4 is 10.5 Å². The first-order valence-corrected chi connectivity index (χ1v) is 6.65. The van der Waals surface area contributed by atoms with E-state index in [9.17, 15) is 5.11 Å². The first-order valence-electron chi connectivity index (χ1n) is 6.65. The molecule has 0 aliphatic heterocycles. The molecule has 0 aromatic heterocycles. The van der Waals surface area contributed by atoms with Crippen molar-refractivity contribution in [2.24, 2.45) is 5.73 Å². The fourth-order valence-corrected chi connectivity index (χ4v) is 2.86. The van der Waals surface area contributed by atoms with Crippen molar-refractivity contribution in [2.45, 2.75) is 50.2 Å². The lowest BCUT2D eigenvalue weighted by Crippen LogP contribution is -2.56. The van der Waals surface area contributed by atoms with Crippen LogP contribution in [0.3, 0.4) is 0 Å². The van der Waals surface area contributed by atoms with Gasteiger partial charge in [-0.3, -0.25) is 0 Å². The number of methoxy groups -OCH3 is 1. The van der Waals surface area contributed by atoms with Crippen molar-refractivity contribution in [1.82, 2.24) is 0 Å². The topological polar surface area (TPSA) is 55.5 Å². The molecular formula is C15H23NO2. The van der Waals surface area contributed by atoms with E-state index in [0.717, 1.165) is 37.0 Å². The Hall–Kier alpha value is -1.06. The molecule has 3 nitrogen and oxygen atoms in total. The smallest absolute Gasteiger partial charge is 0.118 e. The molecule has 1 atom stereocenters. The van der Waals surface area contributed by atoms with Gasteiger partial charge < -0.3 is 15.6 Å². The lowest BCUT2D eigenvalue weighted by Gasteiger charge is -2.45. The van der Waals surface area contributed by atoms with E-state index in [1.807, 2.05) is 31.2 Å². The zero-order chi connectivity index (χ0) is 13.2. The van der Waals surface area contributed by atoms with Crippen LogP contribution in [0, 0.1) is 0 Å². The highest BCUT2D eigenvalue weighted by Crippen LogP contribution is 2.41. The molecule has 3 heteroatoms. The number of rotatable bonds is 3. The Morgan fingerprint density at radius 1 is 1.17 bits per heavy atom. The molecule has 1 fully saturated rings. The van der Waals surface area contributed by atoms with Crippen molar-refractivity contribution in [3.05, 3.63) is 29.8 Å². The number of ether oxygens (including phenoxy) is 1. The molecule has 2 rings (SSSR count). The van der Waals surface area contributed by atoms with Crippen molar-refractivity contribution in [1.29, 1.82) is 0 Å². The molecule has 1 aliphatic rings. The molecule has 0 amide bonds. The van der Waals surface area contributed by atoms with Gasteiger partial charge >= 0.3 is 0 Å². The summed E-state index contributed by atoms with van der Waals surface area (Å²) in [6.07, 6.45) is 4.87. The Bertz CT molecular complexity index is 391. The quantitative estimate of drug-likeness (QED) is 0.865. The van der Waals surface area contributed by atoms with E-state index in [-0.39, 0.29) is 0 Å². The van der Waals surface area contributed by atoms with Gasteiger partial charge in [-0.15, -0.1) is 0 Å². The summed E-state index contributed by atoms with van der Waals surface area (Å²) in [5.74, 6) is 0.810. The van der Waals surface area contributed by atoms with E-state index in [2.05, 4.69) is 0 Å². The van der Waals surface area contributed by atoms with Gasteiger partial charge in [-0.05, 0) is 37.5 Å². The Morgan fingerprint density at radius 3 is 2.22 bits per heavy atom. The van der Waals surface area contributed by atoms with Crippen molar-refractivity contribution in [2.75, 3.05) is 7.11 Å². The van der Waals surface area contributed by atoms with Crippen LogP contribution in [0.5, 0.6) is 5.75 Å². The van der Waals surface area contributed by atoms with Crippen LogP contribution in [0.25, 0.3) is 0 Å². The molecule has 0 spiro atoms. The number of aliphatic hydroxyl groups is 1. The Morgan fingerprint density at radius 2 is 1.72 bits per heavy atom. The highest BCUT2D eigenvalue weighted by molar-refractivity contribution is 5.33. The van der Waals surface area contributed by atoms with Crippen molar-refractivity contribution < 1.29 is 9.84 Å². The first kappa shape index (κ1) is 13.4. The van der Waals surface area contributed by atoms with Crippen molar-refractivity contribution >= 4 is 0 Å². The van der Waals surface area contributed by atoms with Gasteiger partial charge in [0.25, 0.3) is 0 Å². The highest BCUT2D eigenvalue weighted by Gasteiger charge is 2.45. The standard InChI is InChI=1S/C15H23NO2/c1-14(16,15(17)10-4-3-5-11-15)12-6-8-13(18-2)9-7-12/h6-9,17H,3-5,10-11,16H2,1-2H3. The summed E-state index contributed by atoms with van der Waals surface area (Å²) in [4.78, 5) is 0. The summed E-state index contributed by atoms with van der Waals surface area (Å²) in [6.45, 7) is 1.93. The average molecular weight is 249 g/mol. The number of hydrogen-bond acceptors (Lipinski definition) is 3. The minimum atomic E-state index is -0.792. The largest absolute Gasteiger partial charge is 0.497 e.